The van der Waals surface area contributed by atoms with Crippen LogP contribution >= 0.6 is 11.6 Å². The average molecular weight is 568 g/mol. The molecule has 2 atom stereocenters. The molecular formula is C26H25ClF3N3O4S. The Morgan fingerprint density at radius 2 is 1.79 bits per heavy atom. The van der Waals surface area contributed by atoms with Gasteiger partial charge in [0.1, 0.15) is 0 Å². The second-order valence-electron chi connectivity index (χ2n) is 10.0. The Labute approximate surface area is 222 Å². The lowest BCUT2D eigenvalue weighted by Crippen LogP contribution is -2.57. The fourth-order valence-corrected chi connectivity index (χ4v) is 8.26. The van der Waals surface area contributed by atoms with E-state index >= 15 is 0 Å². The minimum Gasteiger partial charge on any atom is -0.387 e. The quantitative estimate of drug-likeness (QED) is 0.409. The highest BCUT2D eigenvalue weighted by molar-refractivity contribution is 7.92. The van der Waals surface area contributed by atoms with E-state index in [0.717, 1.165) is 12.5 Å². The van der Waals surface area contributed by atoms with E-state index in [1.165, 1.54) is 12.1 Å². The molecule has 2 aliphatic rings. The van der Waals surface area contributed by atoms with Crippen LogP contribution in [0, 0.1) is 29.3 Å². The number of sulfone groups is 1. The van der Waals surface area contributed by atoms with Crippen LogP contribution in [-0.4, -0.2) is 40.1 Å². The molecule has 0 radical (unpaired) electrons. The number of fused-ring (bicyclic) bond motifs is 2. The van der Waals surface area contributed by atoms with Crippen molar-refractivity contribution < 1.29 is 31.5 Å². The molecule has 12 heteroatoms. The fourth-order valence-electron chi connectivity index (χ4n) is 5.86. The second-order valence-corrected chi connectivity index (χ2v) is 12.6. The van der Waals surface area contributed by atoms with Gasteiger partial charge in [-0.25, -0.2) is 21.6 Å². The summed E-state index contributed by atoms with van der Waals surface area (Å²) in [5, 5.41) is 17.2. The molecule has 3 aromatic rings. The number of carbonyl (C=O) groups excluding carboxylic acids is 1. The van der Waals surface area contributed by atoms with E-state index in [1.807, 2.05) is 0 Å². The molecule has 0 spiro atoms. The van der Waals surface area contributed by atoms with E-state index in [9.17, 15) is 31.5 Å². The van der Waals surface area contributed by atoms with Crippen LogP contribution in [0.1, 0.15) is 42.5 Å². The molecule has 38 heavy (non-hydrogen) atoms. The van der Waals surface area contributed by atoms with E-state index in [1.54, 1.807) is 23.1 Å². The van der Waals surface area contributed by atoms with Crippen molar-refractivity contribution in [2.24, 2.45) is 11.8 Å². The van der Waals surface area contributed by atoms with Gasteiger partial charge in [0.15, 0.2) is 27.3 Å². The summed E-state index contributed by atoms with van der Waals surface area (Å²) in [6.07, 6.45) is 6.12. The van der Waals surface area contributed by atoms with Crippen LogP contribution in [0.25, 0.3) is 0 Å². The standard InChI is InChI=1S/C26H25ClF3N3O4S/c27-20-6-5-15(25(34)32-18-12-21(28)24(30)22(29)13-18)9-23(20)38(36,37)19-10-16-3-1-4-17(11-19)26(16,35)14-33-8-2-7-31-33/h2,5-9,12-13,16-17,19,35H,1,3-4,10-11,14H2,(H,32,34). The van der Waals surface area contributed by atoms with Crippen LogP contribution in [0.15, 0.2) is 53.7 Å². The van der Waals surface area contributed by atoms with E-state index in [-0.39, 0.29) is 52.4 Å². The Balaban J connectivity index is 1.39. The summed E-state index contributed by atoms with van der Waals surface area (Å²) < 4.78 is 69.5. The number of nitrogens with one attached hydrogen (secondary N) is 1. The lowest BCUT2D eigenvalue weighted by Gasteiger charge is -2.51. The zero-order valence-electron chi connectivity index (χ0n) is 20.1. The molecule has 202 valence electrons. The summed E-state index contributed by atoms with van der Waals surface area (Å²) >= 11 is 6.28. The number of nitrogens with zero attached hydrogens (tertiary/aromatic N) is 2. The summed E-state index contributed by atoms with van der Waals surface area (Å²) in [6, 6.07) is 6.69. The second kappa shape index (κ2) is 10.0. The molecule has 2 unspecified atom stereocenters. The maximum atomic E-state index is 13.8. The van der Waals surface area contributed by atoms with Gasteiger partial charge < -0.3 is 10.4 Å². The monoisotopic (exact) mass is 567 g/mol. The predicted octanol–water partition coefficient (Wildman–Crippen LogP) is 4.99. The lowest BCUT2D eigenvalue weighted by molar-refractivity contribution is -0.130. The number of amides is 1. The molecular weight excluding hydrogens is 543 g/mol. The van der Waals surface area contributed by atoms with Crippen molar-refractivity contribution in [3.63, 3.8) is 0 Å². The molecule has 2 aliphatic carbocycles. The van der Waals surface area contributed by atoms with Crippen LogP contribution in [0.3, 0.4) is 0 Å². The van der Waals surface area contributed by atoms with Crippen molar-refractivity contribution in [2.45, 2.75) is 54.4 Å². The third-order valence-electron chi connectivity index (χ3n) is 7.77. The van der Waals surface area contributed by atoms with Gasteiger partial charge in [0.25, 0.3) is 5.91 Å². The number of halogens is 4. The Kier molecular flexibility index (Phi) is 7.04. The van der Waals surface area contributed by atoms with Gasteiger partial charge in [0.05, 0.1) is 27.3 Å². The van der Waals surface area contributed by atoms with Gasteiger partial charge in [-0.2, -0.15) is 5.10 Å². The molecule has 1 heterocycles. The van der Waals surface area contributed by atoms with E-state index in [2.05, 4.69) is 10.4 Å². The highest BCUT2D eigenvalue weighted by Crippen LogP contribution is 2.50. The largest absolute Gasteiger partial charge is 0.387 e. The number of benzene rings is 2. The number of aliphatic hydroxyl groups is 1. The smallest absolute Gasteiger partial charge is 0.255 e. The highest BCUT2D eigenvalue weighted by Gasteiger charge is 2.53. The third kappa shape index (κ3) is 4.83. The normalized spacial score (nSPS) is 25.2. The van der Waals surface area contributed by atoms with Gasteiger partial charge in [-0.3, -0.25) is 9.48 Å². The van der Waals surface area contributed by atoms with Gasteiger partial charge in [-0.1, -0.05) is 18.0 Å². The van der Waals surface area contributed by atoms with Gasteiger partial charge in [0, 0.05) is 35.8 Å². The molecule has 2 N–H and O–H groups in total. The Morgan fingerprint density at radius 1 is 1.13 bits per heavy atom. The molecule has 2 fully saturated rings. The Hall–Kier alpha value is -2.89. The van der Waals surface area contributed by atoms with Crippen LogP contribution in [0.5, 0.6) is 0 Å². The van der Waals surface area contributed by atoms with Crippen molar-refractivity contribution in [3.05, 3.63) is 76.8 Å². The maximum absolute atomic E-state index is 13.8. The molecule has 2 bridgehead atoms. The first kappa shape index (κ1) is 26.7. The summed E-state index contributed by atoms with van der Waals surface area (Å²) in [7, 11) is -4.01. The van der Waals surface area contributed by atoms with Crippen molar-refractivity contribution >= 4 is 33.0 Å². The summed E-state index contributed by atoms with van der Waals surface area (Å²) in [6.45, 7) is 0.281. The van der Waals surface area contributed by atoms with Gasteiger partial charge in [0.2, 0.25) is 0 Å². The lowest BCUT2D eigenvalue weighted by atomic mass is 9.61. The SMILES string of the molecule is O=C(Nc1cc(F)c(F)c(F)c1)c1ccc(Cl)c(S(=O)(=O)C2CC3CCCC(C2)C3(O)Cn2cccn2)c1. The average Bonchev–Trinajstić information content (AvgIpc) is 3.34. The summed E-state index contributed by atoms with van der Waals surface area (Å²) in [5.74, 6) is -5.99. The van der Waals surface area contributed by atoms with Crippen LogP contribution in [-0.2, 0) is 16.4 Å². The molecule has 2 aromatic carbocycles. The third-order valence-corrected chi connectivity index (χ3v) is 10.4. The maximum Gasteiger partial charge on any atom is 0.255 e. The predicted molar refractivity (Wildman–Crippen MR) is 134 cm³/mol. The van der Waals surface area contributed by atoms with Crippen LogP contribution in [0.4, 0.5) is 18.9 Å². The number of hydrogen-bond acceptors (Lipinski definition) is 5. The van der Waals surface area contributed by atoms with E-state index in [4.69, 9.17) is 11.6 Å². The van der Waals surface area contributed by atoms with Crippen LogP contribution in [0.2, 0.25) is 5.02 Å². The van der Waals surface area contributed by atoms with Crippen molar-refractivity contribution in [3.8, 4) is 0 Å². The molecule has 1 amide bonds. The van der Waals surface area contributed by atoms with E-state index < -0.39 is 44.0 Å². The highest BCUT2D eigenvalue weighted by atomic mass is 35.5. The summed E-state index contributed by atoms with van der Waals surface area (Å²) in [4.78, 5) is 12.5. The first-order valence-corrected chi connectivity index (χ1v) is 14.1. The topological polar surface area (TPSA) is 101 Å². The minimum atomic E-state index is -4.01. The Bertz CT molecular complexity index is 1450. The molecule has 2 saturated carbocycles. The zero-order chi connectivity index (χ0) is 27.2. The Morgan fingerprint density at radius 3 is 2.39 bits per heavy atom. The number of carbonyl (C=O) groups is 1. The molecule has 7 nitrogen and oxygen atoms in total. The first-order chi connectivity index (χ1) is 18.0. The fraction of sp³-hybridized carbons (Fsp3) is 0.385. The van der Waals surface area contributed by atoms with Gasteiger partial charge >= 0.3 is 0 Å². The van der Waals surface area contributed by atoms with Gasteiger partial charge in [-0.05, 0) is 61.8 Å². The molecule has 1 aromatic heterocycles. The molecule has 5 rings (SSSR count). The first-order valence-electron chi connectivity index (χ1n) is 12.2. The number of anilines is 1. The van der Waals surface area contributed by atoms with Crippen molar-refractivity contribution in [1.82, 2.24) is 9.78 Å². The number of hydrogen-bond donors (Lipinski definition) is 2. The minimum absolute atomic E-state index is 0.0667. The van der Waals surface area contributed by atoms with Crippen molar-refractivity contribution in [2.75, 3.05) is 5.32 Å². The van der Waals surface area contributed by atoms with E-state index in [0.29, 0.717) is 25.0 Å². The van der Waals surface area contributed by atoms with Crippen LogP contribution < -0.4 is 5.32 Å². The summed E-state index contributed by atoms with van der Waals surface area (Å²) in [5.41, 5.74) is -1.52. The van der Waals surface area contributed by atoms with Gasteiger partial charge in [-0.15, -0.1) is 0 Å². The number of aromatic nitrogens is 2. The molecule has 0 aliphatic heterocycles. The number of rotatable bonds is 6. The zero-order valence-corrected chi connectivity index (χ0v) is 21.7. The molecule has 0 saturated heterocycles. The van der Waals surface area contributed by atoms with Crippen molar-refractivity contribution in [1.29, 1.82) is 0 Å².